The first-order valence-electron chi connectivity index (χ1n) is 6.46. The predicted octanol–water partition coefficient (Wildman–Crippen LogP) is 2.73. The van der Waals surface area contributed by atoms with Crippen LogP contribution in [-0.2, 0) is 6.54 Å². The first-order valence-corrected chi connectivity index (χ1v) is 6.46. The van der Waals surface area contributed by atoms with Gasteiger partial charge in [-0.3, -0.25) is 0 Å². The summed E-state index contributed by atoms with van der Waals surface area (Å²) in [7, 11) is 4.10. The Morgan fingerprint density at radius 2 is 2.00 bits per heavy atom. The molecule has 1 N–H and O–H groups in total. The zero-order valence-corrected chi connectivity index (χ0v) is 11.7. The Bertz CT molecular complexity index is 345. The van der Waals surface area contributed by atoms with Gasteiger partial charge in [0.15, 0.2) is 0 Å². The summed E-state index contributed by atoms with van der Waals surface area (Å²) < 4.78 is 0. The number of aromatic nitrogens is 1. The normalized spacial score (nSPS) is 10.9. The minimum Gasteiger partial charge on any atom is -0.357 e. The molecule has 0 saturated heterocycles. The highest BCUT2D eigenvalue weighted by Gasteiger charge is 2.14. The standard InChI is InChI=1S/C14H25N3/c1-6-13(7-2)17(5)14-11(3)8-12(9-15-4)10-16-14/h8,10,13,15H,6-7,9H2,1-5H3. The molecular weight excluding hydrogens is 210 g/mol. The van der Waals surface area contributed by atoms with Crippen molar-refractivity contribution in [2.75, 3.05) is 19.0 Å². The van der Waals surface area contributed by atoms with Crippen molar-refractivity contribution in [3.63, 3.8) is 0 Å². The van der Waals surface area contributed by atoms with E-state index >= 15 is 0 Å². The lowest BCUT2D eigenvalue weighted by molar-refractivity contribution is 0.585. The van der Waals surface area contributed by atoms with Crippen molar-refractivity contribution in [2.24, 2.45) is 0 Å². The van der Waals surface area contributed by atoms with E-state index in [-0.39, 0.29) is 0 Å². The quantitative estimate of drug-likeness (QED) is 0.821. The van der Waals surface area contributed by atoms with Gasteiger partial charge in [-0.15, -0.1) is 0 Å². The molecule has 0 radical (unpaired) electrons. The second kappa shape index (κ2) is 6.60. The van der Waals surface area contributed by atoms with Gasteiger partial charge in [0.1, 0.15) is 5.82 Å². The van der Waals surface area contributed by atoms with E-state index in [1.807, 2.05) is 13.2 Å². The van der Waals surface area contributed by atoms with Crippen LogP contribution in [0.1, 0.15) is 37.8 Å². The van der Waals surface area contributed by atoms with Crippen LogP contribution in [0.5, 0.6) is 0 Å². The van der Waals surface area contributed by atoms with Gasteiger partial charge in [0.05, 0.1) is 0 Å². The van der Waals surface area contributed by atoms with Crippen LogP contribution in [0.2, 0.25) is 0 Å². The summed E-state index contributed by atoms with van der Waals surface area (Å²) in [5.41, 5.74) is 2.50. The van der Waals surface area contributed by atoms with Crippen LogP contribution in [0.3, 0.4) is 0 Å². The third kappa shape index (κ3) is 3.43. The van der Waals surface area contributed by atoms with Crippen molar-refractivity contribution in [2.45, 2.75) is 46.2 Å². The van der Waals surface area contributed by atoms with Gasteiger partial charge in [0.25, 0.3) is 0 Å². The summed E-state index contributed by atoms with van der Waals surface area (Å²) in [6.45, 7) is 7.48. The van der Waals surface area contributed by atoms with Crippen LogP contribution in [-0.4, -0.2) is 25.1 Å². The predicted molar refractivity (Wildman–Crippen MR) is 74.5 cm³/mol. The number of hydrogen-bond acceptors (Lipinski definition) is 3. The summed E-state index contributed by atoms with van der Waals surface area (Å²) in [6, 6.07) is 2.80. The number of hydrogen-bond donors (Lipinski definition) is 1. The molecule has 0 aliphatic rings. The maximum atomic E-state index is 4.60. The van der Waals surface area contributed by atoms with Gasteiger partial charge in [-0.1, -0.05) is 13.8 Å². The van der Waals surface area contributed by atoms with E-state index < -0.39 is 0 Å². The topological polar surface area (TPSA) is 28.2 Å². The van der Waals surface area contributed by atoms with Crippen molar-refractivity contribution in [3.8, 4) is 0 Å². The Morgan fingerprint density at radius 1 is 1.35 bits per heavy atom. The Balaban J connectivity index is 2.90. The van der Waals surface area contributed by atoms with Crippen molar-refractivity contribution >= 4 is 5.82 Å². The summed E-state index contributed by atoms with van der Waals surface area (Å²) in [6.07, 6.45) is 4.29. The zero-order chi connectivity index (χ0) is 12.8. The Hall–Kier alpha value is -1.09. The molecule has 0 spiro atoms. The highest BCUT2D eigenvalue weighted by atomic mass is 15.2. The molecule has 1 aromatic heterocycles. The molecule has 96 valence electrons. The van der Waals surface area contributed by atoms with Crippen molar-refractivity contribution < 1.29 is 0 Å². The molecule has 0 atom stereocenters. The fraction of sp³-hybridized carbons (Fsp3) is 0.643. The fourth-order valence-corrected chi connectivity index (χ4v) is 2.31. The molecule has 0 aliphatic carbocycles. The number of pyridine rings is 1. The molecule has 1 rings (SSSR count). The molecule has 0 bridgehead atoms. The molecule has 17 heavy (non-hydrogen) atoms. The largest absolute Gasteiger partial charge is 0.357 e. The van der Waals surface area contributed by atoms with Crippen LogP contribution in [0.25, 0.3) is 0 Å². The monoisotopic (exact) mass is 235 g/mol. The van der Waals surface area contributed by atoms with Gasteiger partial charge in [0.2, 0.25) is 0 Å². The van der Waals surface area contributed by atoms with E-state index in [9.17, 15) is 0 Å². The average molecular weight is 235 g/mol. The van der Waals surface area contributed by atoms with Crippen LogP contribution in [0.15, 0.2) is 12.3 Å². The maximum Gasteiger partial charge on any atom is 0.131 e. The molecule has 0 aliphatic heterocycles. The van der Waals surface area contributed by atoms with E-state index in [0.29, 0.717) is 6.04 Å². The van der Waals surface area contributed by atoms with E-state index in [0.717, 1.165) is 25.2 Å². The maximum absolute atomic E-state index is 4.60. The number of rotatable bonds is 6. The van der Waals surface area contributed by atoms with Gasteiger partial charge in [-0.05, 0) is 44.0 Å². The van der Waals surface area contributed by atoms with Crippen LogP contribution >= 0.6 is 0 Å². The van der Waals surface area contributed by atoms with E-state index in [2.05, 4.69) is 49.1 Å². The third-order valence-electron chi connectivity index (χ3n) is 3.31. The average Bonchev–Trinajstić information content (AvgIpc) is 2.31. The molecule has 3 nitrogen and oxygen atoms in total. The van der Waals surface area contributed by atoms with Gasteiger partial charge >= 0.3 is 0 Å². The number of nitrogens with one attached hydrogen (secondary N) is 1. The summed E-state index contributed by atoms with van der Waals surface area (Å²) >= 11 is 0. The van der Waals surface area contributed by atoms with Crippen LogP contribution < -0.4 is 10.2 Å². The van der Waals surface area contributed by atoms with Crippen molar-refractivity contribution in [1.29, 1.82) is 0 Å². The third-order valence-corrected chi connectivity index (χ3v) is 3.31. The van der Waals surface area contributed by atoms with E-state index in [1.165, 1.54) is 11.1 Å². The summed E-state index contributed by atoms with van der Waals surface area (Å²) in [4.78, 5) is 6.90. The highest BCUT2D eigenvalue weighted by Crippen LogP contribution is 2.21. The number of nitrogens with zero attached hydrogens (tertiary/aromatic N) is 2. The molecule has 0 amide bonds. The number of aryl methyl sites for hydroxylation is 1. The first-order chi connectivity index (χ1) is 8.13. The summed E-state index contributed by atoms with van der Waals surface area (Å²) in [5.74, 6) is 1.11. The molecule has 1 heterocycles. The lowest BCUT2D eigenvalue weighted by atomic mass is 10.1. The lowest BCUT2D eigenvalue weighted by Crippen LogP contribution is -2.31. The molecule has 1 aromatic rings. The SMILES string of the molecule is CCC(CC)N(C)c1ncc(CNC)cc1C. The second-order valence-corrected chi connectivity index (χ2v) is 4.60. The summed E-state index contributed by atoms with van der Waals surface area (Å²) in [5, 5.41) is 3.15. The highest BCUT2D eigenvalue weighted by molar-refractivity contribution is 5.47. The fourth-order valence-electron chi connectivity index (χ4n) is 2.31. The van der Waals surface area contributed by atoms with Gasteiger partial charge in [0, 0.05) is 25.8 Å². The zero-order valence-electron chi connectivity index (χ0n) is 11.7. The molecule has 0 saturated carbocycles. The Labute approximate surface area is 105 Å². The second-order valence-electron chi connectivity index (χ2n) is 4.60. The minimum atomic E-state index is 0.580. The van der Waals surface area contributed by atoms with Crippen molar-refractivity contribution in [3.05, 3.63) is 23.4 Å². The smallest absolute Gasteiger partial charge is 0.131 e. The molecule has 0 fully saturated rings. The number of anilines is 1. The first kappa shape index (κ1) is 14.0. The van der Waals surface area contributed by atoms with E-state index in [1.54, 1.807) is 0 Å². The molecular formula is C14H25N3. The van der Waals surface area contributed by atoms with Crippen LogP contribution in [0.4, 0.5) is 5.82 Å². The molecule has 0 unspecified atom stereocenters. The lowest BCUT2D eigenvalue weighted by Gasteiger charge is -2.28. The van der Waals surface area contributed by atoms with E-state index in [4.69, 9.17) is 0 Å². The van der Waals surface area contributed by atoms with Crippen LogP contribution in [0, 0.1) is 6.92 Å². The molecule has 3 heteroatoms. The van der Waals surface area contributed by atoms with Gasteiger partial charge < -0.3 is 10.2 Å². The Kier molecular flexibility index (Phi) is 5.42. The molecule has 0 aromatic carbocycles. The van der Waals surface area contributed by atoms with Gasteiger partial charge in [-0.2, -0.15) is 0 Å². The Morgan fingerprint density at radius 3 is 2.47 bits per heavy atom. The minimum absolute atomic E-state index is 0.580. The van der Waals surface area contributed by atoms with Gasteiger partial charge in [-0.25, -0.2) is 4.98 Å². The van der Waals surface area contributed by atoms with Crippen molar-refractivity contribution in [1.82, 2.24) is 10.3 Å².